The molecule has 2 aliphatic rings. The van der Waals surface area contributed by atoms with Crippen molar-refractivity contribution in [2.45, 2.75) is 58.5 Å². The first-order chi connectivity index (χ1) is 13.1. The van der Waals surface area contributed by atoms with Gasteiger partial charge in [-0.15, -0.1) is 0 Å². The number of aryl methyl sites for hydroxylation is 1. The van der Waals surface area contributed by atoms with Crippen molar-refractivity contribution in [2.75, 3.05) is 18.0 Å². The molecule has 4 nitrogen and oxygen atoms in total. The van der Waals surface area contributed by atoms with E-state index in [1.165, 1.54) is 19.3 Å². The first-order valence-corrected chi connectivity index (χ1v) is 10.2. The number of fused-ring (bicyclic) bond motifs is 1. The third kappa shape index (κ3) is 3.98. The summed E-state index contributed by atoms with van der Waals surface area (Å²) in [7, 11) is 0. The molecule has 1 aromatic heterocycles. The molecule has 2 atom stereocenters. The molecule has 5 heteroatoms. The molecule has 1 aliphatic carbocycles. The molecule has 1 N–H and O–H groups in total. The quantitative estimate of drug-likeness (QED) is 0.872. The molecule has 2 aromatic rings. The second-order valence-electron chi connectivity index (χ2n) is 8.03. The number of hydrogen-bond donors (Lipinski definition) is 1. The molecular weight excluding hydrogens is 339 g/mol. The second-order valence-corrected chi connectivity index (χ2v) is 8.03. The predicted octanol–water partition coefficient (Wildman–Crippen LogP) is 4.33. The Kier molecular flexibility index (Phi) is 5.39. The smallest absolute Gasteiger partial charge is 0.225 e. The van der Waals surface area contributed by atoms with E-state index >= 15 is 0 Å². The standard InChI is InChI=1S/C22H29FN4/c1-15-9-10-18-19(7-6-8-20(18)23)21(15)24-14-17-13-16(2)25-22(26-17)27-11-4-3-5-12-27/h6-8,13,15,21,24H,3-5,9-12,14H2,1-2H3/t15-,21-/m1/s1. The Morgan fingerprint density at radius 2 is 2.00 bits per heavy atom. The van der Waals surface area contributed by atoms with Crippen LogP contribution < -0.4 is 10.2 Å². The SMILES string of the molecule is Cc1cc(CN[C@H]2c3cccc(F)c3CC[C@H]2C)nc(N2CCCCC2)n1. The van der Waals surface area contributed by atoms with Crippen molar-refractivity contribution in [3.63, 3.8) is 0 Å². The summed E-state index contributed by atoms with van der Waals surface area (Å²) in [5.41, 5.74) is 4.00. The highest BCUT2D eigenvalue weighted by molar-refractivity contribution is 5.35. The first-order valence-electron chi connectivity index (χ1n) is 10.2. The van der Waals surface area contributed by atoms with Gasteiger partial charge < -0.3 is 10.2 Å². The molecule has 1 saturated heterocycles. The summed E-state index contributed by atoms with van der Waals surface area (Å²) in [5, 5.41) is 3.65. The summed E-state index contributed by atoms with van der Waals surface area (Å²) in [5.74, 6) is 1.26. The van der Waals surface area contributed by atoms with Gasteiger partial charge in [0.15, 0.2) is 0 Å². The maximum Gasteiger partial charge on any atom is 0.225 e. The zero-order valence-electron chi connectivity index (χ0n) is 16.3. The van der Waals surface area contributed by atoms with Crippen molar-refractivity contribution in [1.29, 1.82) is 0 Å². The highest BCUT2D eigenvalue weighted by atomic mass is 19.1. The number of hydrogen-bond acceptors (Lipinski definition) is 4. The van der Waals surface area contributed by atoms with Crippen LogP contribution in [-0.4, -0.2) is 23.1 Å². The molecule has 0 radical (unpaired) electrons. The monoisotopic (exact) mass is 368 g/mol. The van der Waals surface area contributed by atoms with Crippen LogP contribution in [0.25, 0.3) is 0 Å². The Morgan fingerprint density at radius 1 is 1.19 bits per heavy atom. The van der Waals surface area contributed by atoms with E-state index in [1.54, 1.807) is 6.07 Å². The lowest BCUT2D eigenvalue weighted by molar-refractivity contribution is 0.337. The number of rotatable bonds is 4. The molecule has 0 saturated carbocycles. The Bertz CT molecular complexity index is 801. The largest absolute Gasteiger partial charge is 0.341 e. The lowest BCUT2D eigenvalue weighted by Gasteiger charge is -2.32. The summed E-state index contributed by atoms with van der Waals surface area (Å²) < 4.78 is 14.2. The van der Waals surface area contributed by atoms with Crippen LogP contribution in [0.1, 0.15) is 61.2 Å². The molecule has 0 amide bonds. The fraction of sp³-hybridized carbons (Fsp3) is 0.545. The molecule has 1 aromatic carbocycles. The van der Waals surface area contributed by atoms with Gasteiger partial charge in [-0.25, -0.2) is 14.4 Å². The van der Waals surface area contributed by atoms with Crippen LogP contribution in [0.5, 0.6) is 0 Å². The van der Waals surface area contributed by atoms with Gasteiger partial charge in [-0.05, 0) is 68.2 Å². The van der Waals surface area contributed by atoms with Crippen LogP contribution in [0.2, 0.25) is 0 Å². The summed E-state index contributed by atoms with van der Waals surface area (Å²) >= 11 is 0. The zero-order chi connectivity index (χ0) is 18.8. The zero-order valence-corrected chi connectivity index (χ0v) is 16.3. The van der Waals surface area contributed by atoms with Gasteiger partial charge in [0.2, 0.25) is 5.95 Å². The maximum atomic E-state index is 14.2. The van der Waals surface area contributed by atoms with Gasteiger partial charge in [0.05, 0.1) is 5.69 Å². The molecule has 0 spiro atoms. The van der Waals surface area contributed by atoms with Crippen LogP contribution in [0, 0.1) is 18.7 Å². The van der Waals surface area contributed by atoms with E-state index in [1.807, 2.05) is 13.0 Å². The van der Waals surface area contributed by atoms with Gasteiger partial charge >= 0.3 is 0 Å². The predicted molar refractivity (Wildman–Crippen MR) is 106 cm³/mol. The van der Waals surface area contributed by atoms with Crippen molar-refractivity contribution in [2.24, 2.45) is 5.92 Å². The second kappa shape index (κ2) is 7.93. The van der Waals surface area contributed by atoms with E-state index in [2.05, 4.69) is 34.3 Å². The highest BCUT2D eigenvalue weighted by Gasteiger charge is 2.28. The molecule has 4 rings (SSSR count). The van der Waals surface area contributed by atoms with E-state index in [0.717, 1.165) is 54.4 Å². The topological polar surface area (TPSA) is 41.1 Å². The maximum absolute atomic E-state index is 14.2. The summed E-state index contributed by atoms with van der Waals surface area (Å²) in [6.07, 6.45) is 5.56. The van der Waals surface area contributed by atoms with Crippen LogP contribution in [0.4, 0.5) is 10.3 Å². The Labute approximate surface area is 161 Å². The van der Waals surface area contributed by atoms with E-state index in [4.69, 9.17) is 4.98 Å². The summed E-state index contributed by atoms with van der Waals surface area (Å²) in [6.45, 7) is 7.04. The van der Waals surface area contributed by atoms with Crippen LogP contribution >= 0.6 is 0 Å². The number of nitrogens with zero attached hydrogens (tertiary/aromatic N) is 3. The molecule has 27 heavy (non-hydrogen) atoms. The van der Waals surface area contributed by atoms with E-state index in [9.17, 15) is 4.39 Å². The van der Waals surface area contributed by atoms with Crippen LogP contribution in [-0.2, 0) is 13.0 Å². The van der Waals surface area contributed by atoms with Crippen molar-refractivity contribution >= 4 is 5.95 Å². The Morgan fingerprint density at radius 3 is 2.81 bits per heavy atom. The minimum atomic E-state index is -0.0727. The van der Waals surface area contributed by atoms with Crippen molar-refractivity contribution in [1.82, 2.24) is 15.3 Å². The van der Waals surface area contributed by atoms with E-state index < -0.39 is 0 Å². The minimum absolute atomic E-state index is 0.0727. The molecule has 144 valence electrons. The van der Waals surface area contributed by atoms with Gasteiger partial charge in [-0.2, -0.15) is 0 Å². The molecule has 2 heterocycles. The summed E-state index contributed by atoms with van der Waals surface area (Å²) in [6, 6.07) is 7.68. The van der Waals surface area contributed by atoms with Crippen molar-refractivity contribution in [3.05, 3.63) is 52.6 Å². The van der Waals surface area contributed by atoms with Crippen LogP contribution in [0.3, 0.4) is 0 Å². The molecular formula is C22H29FN4. The number of aromatic nitrogens is 2. The van der Waals surface area contributed by atoms with Crippen molar-refractivity contribution < 1.29 is 4.39 Å². The average molecular weight is 369 g/mol. The number of piperidine rings is 1. The van der Waals surface area contributed by atoms with E-state index in [0.29, 0.717) is 12.5 Å². The van der Waals surface area contributed by atoms with Gasteiger partial charge in [0, 0.05) is 31.4 Å². The number of halogens is 1. The summed E-state index contributed by atoms with van der Waals surface area (Å²) in [4.78, 5) is 11.8. The molecule has 1 fully saturated rings. The lowest BCUT2D eigenvalue weighted by atomic mass is 9.80. The van der Waals surface area contributed by atoms with E-state index in [-0.39, 0.29) is 11.9 Å². The number of nitrogens with one attached hydrogen (secondary N) is 1. The van der Waals surface area contributed by atoms with Gasteiger partial charge in [0.1, 0.15) is 5.82 Å². The lowest BCUT2D eigenvalue weighted by Crippen LogP contribution is -2.33. The van der Waals surface area contributed by atoms with Gasteiger partial charge in [-0.3, -0.25) is 0 Å². The minimum Gasteiger partial charge on any atom is -0.341 e. The third-order valence-electron chi connectivity index (χ3n) is 5.95. The number of benzene rings is 1. The fourth-order valence-electron chi connectivity index (χ4n) is 4.44. The first kappa shape index (κ1) is 18.4. The van der Waals surface area contributed by atoms with Gasteiger partial charge in [0.25, 0.3) is 0 Å². The Balaban J connectivity index is 1.52. The average Bonchev–Trinajstić information content (AvgIpc) is 2.68. The van der Waals surface area contributed by atoms with Crippen molar-refractivity contribution in [3.8, 4) is 0 Å². The molecule has 0 bridgehead atoms. The molecule has 1 aliphatic heterocycles. The fourth-order valence-corrected chi connectivity index (χ4v) is 4.44. The third-order valence-corrected chi connectivity index (χ3v) is 5.95. The van der Waals surface area contributed by atoms with Crippen LogP contribution in [0.15, 0.2) is 24.3 Å². The number of anilines is 1. The van der Waals surface area contributed by atoms with Gasteiger partial charge in [-0.1, -0.05) is 19.1 Å². The molecule has 0 unspecified atom stereocenters. The Hall–Kier alpha value is -2.01. The normalized spacial score (nSPS) is 22.6. The highest BCUT2D eigenvalue weighted by Crippen LogP contribution is 2.35.